The van der Waals surface area contributed by atoms with Gasteiger partial charge in [-0.15, -0.1) is 0 Å². The van der Waals surface area contributed by atoms with Crippen LogP contribution in [0.5, 0.6) is 5.75 Å². The summed E-state index contributed by atoms with van der Waals surface area (Å²) in [6.45, 7) is 5.73. The number of nitrogens with one attached hydrogen (secondary N) is 1. The van der Waals surface area contributed by atoms with Gasteiger partial charge in [0, 0.05) is 5.54 Å². The Labute approximate surface area is 119 Å². The monoisotopic (exact) mass is 269 g/mol. The number of rotatable bonds is 2. The van der Waals surface area contributed by atoms with E-state index in [2.05, 4.69) is 5.32 Å². The van der Waals surface area contributed by atoms with Gasteiger partial charge in [-0.3, -0.25) is 0 Å². The predicted molar refractivity (Wildman–Crippen MR) is 80.8 cm³/mol. The third-order valence-electron chi connectivity index (χ3n) is 2.65. The quantitative estimate of drug-likeness (QED) is 0.885. The molecule has 0 aliphatic heterocycles. The summed E-state index contributed by atoms with van der Waals surface area (Å²) in [5, 5.41) is 2.75. The Morgan fingerprint density at radius 1 is 0.900 bits per heavy atom. The third kappa shape index (κ3) is 4.12. The van der Waals surface area contributed by atoms with Gasteiger partial charge in [-0.25, -0.2) is 4.79 Å². The number of hydrogen-bond donors (Lipinski definition) is 1. The minimum atomic E-state index is -0.440. The van der Waals surface area contributed by atoms with E-state index in [1.165, 1.54) is 0 Å². The fourth-order valence-corrected chi connectivity index (χ4v) is 1.78. The van der Waals surface area contributed by atoms with Crippen LogP contribution in [0.15, 0.2) is 54.6 Å². The van der Waals surface area contributed by atoms with Crippen molar-refractivity contribution in [2.24, 2.45) is 0 Å². The van der Waals surface area contributed by atoms with Gasteiger partial charge in [-0.05, 0) is 44.0 Å². The van der Waals surface area contributed by atoms with Crippen molar-refractivity contribution < 1.29 is 9.53 Å². The molecule has 0 aromatic heterocycles. The zero-order valence-electron chi connectivity index (χ0n) is 12.0. The highest BCUT2D eigenvalue weighted by Gasteiger charge is 2.15. The second-order valence-corrected chi connectivity index (χ2v) is 5.65. The van der Waals surface area contributed by atoms with Gasteiger partial charge in [-0.2, -0.15) is 0 Å². The van der Waals surface area contributed by atoms with Crippen molar-refractivity contribution in [2.75, 3.05) is 0 Å². The summed E-state index contributed by atoms with van der Waals surface area (Å²) in [7, 11) is 0. The van der Waals surface area contributed by atoms with Crippen LogP contribution in [-0.2, 0) is 0 Å². The van der Waals surface area contributed by atoms with E-state index >= 15 is 0 Å². The van der Waals surface area contributed by atoms with Crippen molar-refractivity contribution in [3.05, 3.63) is 54.6 Å². The zero-order valence-corrected chi connectivity index (χ0v) is 12.0. The van der Waals surface area contributed by atoms with Crippen molar-refractivity contribution >= 4 is 6.09 Å². The molecule has 0 bridgehead atoms. The molecule has 2 rings (SSSR count). The molecule has 104 valence electrons. The van der Waals surface area contributed by atoms with E-state index in [9.17, 15) is 4.79 Å². The largest absolute Gasteiger partial charge is 0.413 e. The molecular weight excluding hydrogens is 250 g/mol. The second kappa shape index (κ2) is 5.78. The molecule has 0 saturated carbocycles. The van der Waals surface area contributed by atoms with Crippen LogP contribution in [0.2, 0.25) is 0 Å². The maximum absolute atomic E-state index is 11.6. The topological polar surface area (TPSA) is 38.3 Å². The first kappa shape index (κ1) is 14.1. The molecular formula is C17H19NO2. The van der Waals surface area contributed by atoms with Gasteiger partial charge in [0.2, 0.25) is 0 Å². The molecule has 2 aromatic carbocycles. The molecule has 0 radical (unpaired) electrons. The van der Waals surface area contributed by atoms with Crippen LogP contribution >= 0.6 is 0 Å². The zero-order chi connectivity index (χ0) is 14.6. The first-order valence-corrected chi connectivity index (χ1v) is 6.59. The number of ether oxygens (including phenoxy) is 1. The van der Waals surface area contributed by atoms with Gasteiger partial charge < -0.3 is 10.1 Å². The normalized spacial score (nSPS) is 10.9. The molecule has 1 N–H and O–H groups in total. The Hall–Kier alpha value is -2.29. The molecule has 3 heteroatoms. The van der Waals surface area contributed by atoms with Gasteiger partial charge in [0.25, 0.3) is 0 Å². The summed E-state index contributed by atoms with van der Waals surface area (Å²) in [6.07, 6.45) is -0.440. The summed E-state index contributed by atoms with van der Waals surface area (Å²) in [4.78, 5) is 11.6. The van der Waals surface area contributed by atoms with Crippen LogP contribution in [0.4, 0.5) is 4.79 Å². The van der Waals surface area contributed by atoms with Crippen LogP contribution in [0.3, 0.4) is 0 Å². The summed E-state index contributed by atoms with van der Waals surface area (Å²) in [5.74, 6) is 0.534. The van der Waals surface area contributed by atoms with Crippen molar-refractivity contribution in [2.45, 2.75) is 26.3 Å². The van der Waals surface area contributed by atoms with Gasteiger partial charge in [0.15, 0.2) is 0 Å². The number of hydrogen-bond acceptors (Lipinski definition) is 2. The molecule has 20 heavy (non-hydrogen) atoms. The predicted octanol–water partition coefficient (Wildman–Crippen LogP) is 4.24. The summed E-state index contributed by atoms with van der Waals surface area (Å²) < 4.78 is 5.23. The Balaban J connectivity index is 2.04. The second-order valence-electron chi connectivity index (χ2n) is 5.65. The molecule has 3 nitrogen and oxygen atoms in total. The molecule has 0 fully saturated rings. The molecule has 2 aromatic rings. The molecule has 0 spiro atoms. The molecule has 0 heterocycles. The highest BCUT2D eigenvalue weighted by molar-refractivity contribution is 5.72. The van der Waals surface area contributed by atoms with E-state index < -0.39 is 6.09 Å². The summed E-state index contributed by atoms with van der Waals surface area (Å²) >= 11 is 0. The van der Waals surface area contributed by atoms with Crippen molar-refractivity contribution in [1.82, 2.24) is 5.32 Å². The average Bonchev–Trinajstić information content (AvgIpc) is 2.38. The van der Waals surface area contributed by atoms with Crippen molar-refractivity contribution in [3.8, 4) is 16.9 Å². The lowest BCUT2D eigenvalue weighted by molar-refractivity contribution is 0.190. The molecule has 0 unspecified atom stereocenters. The molecule has 1 amide bonds. The van der Waals surface area contributed by atoms with E-state index in [-0.39, 0.29) is 5.54 Å². The van der Waals surface area contributed by atoms with Crippen LogP contribution in [0.25, 0.3) is 11.1 Å². The SMILES string of the molecule is CC(C)(C)NC(=O)Oc1ccc(-c2ccccc2)cc1. The third-order valence-corrected chi connectivity index (χ3v) is 2.65. The molecule has 0 saturated heterocycles. The molecule has 0 aliphatic carbocycles. The minimum absolute atomic E-state index is 0.305. The lowest BCUT2D eigenvalue weighted by Crippen LogP contribution is -2.42. The highest BCUT2D eigenvalue weighted by Crippen LogP contribution is 2.22. The Morgan fingerprint density at radius 2 is 1.45 bits per heavy atom. The number of carbonyl (C=O) groups is 1. The van der Waals surface area contributed by atoms with Gasteiger partial charge in [-0.1, -0.05) is 42.5 Å². The Bertz CT molecular complexity index is 568. The van der Waals surface area contributed by atoms with Crippen LogP contribution in [-0.4, -0.2) is 11.6 Å². The van der Waals surface area contributed by atoms with Gasteiger partial charge >= 0.3 is 6.09 Å². The summed E-state index contributed by atoms with van der Waals surface area (Å²) in [5.41, 5.74) is 1.92. The van der Waals surface area contributed by atoms with Crippen LogP contribution < -0.4 is 10.1 Å². The maximum atomic E-state index is 11.6. The van der Waals surface area contributed by atoms with Gasteiger partial charge in [0.1, 0.15) is 5.75 Å². The van der Waals surface area contributed by atoms with E-state index in [0.717, 1.165) is 11.1 Å². The maximum Gasteiger partial charge on any atom is 0.413 e. The standard InChI is InChI=1S/C17H19NO2/c1-17(2,3)18-16(19)20-15-11-9-14(10-12-15)13-7-5-4-6-8-13/h4-12H,1-3H3,(H,18,19). The molecule has 0 atom stereocenters. The lowest BCUT2D eigenvalue weighted by Gasteiger charge is -2.19. The fourth-order valence-electron chi connectivity index (χ4n) is 1.78. The van der Waals surface area contributed by atoms with Crippen molar-refractivity contribution in [3.63, 3.8) is 0 Å². The Morgan fingerprint density at radius 3 is 2.00 bits per heavy atom. The fraction of sp³-hybridized carbons (Fsp3) is 0.235. The van der Waals surface area contributed by atoms with Crippen LogP contribution in [0.1, 0.15) is 20.8 Å². The van der Waals surface area contributed by atoms with Crippen LogP contribution in [0, 0.1) is 0 Å². The first-order valence-electron chi connectivity index (χ1n) is 6.59. The Kier molecular flexibility index (Phi) is 4.08. The van der Waals surface area contributed by atoms with E-state index in [0.29, 0.717) is 5.75 Å². The minimum Gasteiger partial charge on any atom is -0.410 e. The number of carbonyl (C=O) groups excluding carboxylic acids is 1. The number of benzene rings is 2. The smallest absolute Gasteiger partial charge is 0.410 e. The van der Waals surface area contributed by atoms with Gasteiger partial charge in [0.05, 0.1) is 0 Å². The summed E-state index contributed by atoms with van der Waals surface area (Å²) in [6, 6.07) is 17.5. The van der Waals surface area contributed by atoms with E-state index in [4.69, 9.17) is 4.74 Å². The number of amides is 1. The first-order chi connectivity index (χ1) is 9.44. The van der Waals surface area contributed by atoms with Crippen molar-refractivity contribution in [1.29, 1.82) is 0 Å². The molecule has 0 aliphatic rings. The average molecular weight is 269 g/mol. The highest BCUT2D eigenvalue weighted by atomic mass is 16.6. The van der Waals surface area contributed by atoms with E-state index in [1.54, 1.807) is 12.1 Å². The lowest BCUT2D eigenvalue weighted by atomic mass is 10.1. The van der Waals surface area contributed by atoms with E-state index in [1.807, 2.05) is 63.2 Å².